The SMILES string of the molecule is CCc1ccc(OCc2ncc[nH]2)c(S(=O)(=O)Nc2noc3cc(Cn4cc(CNC(=O)OC)cn4)cc(OC)c23)c1. The van der Waals surface area contributed by atoms with Crippen molar-refractivity contribution in [1.29, 1.82) is 0 Å². The van der Waals surface area contributed by atoms with Crippen molar-refractivity contribution in [3.05, 3.63) is 77.6 Å². The number of benzene rings is 2. The van der Waals surface area contributed by atoms with Gasteiger partial charge in [-0.05, 0) is 41.8 Å². The standard InChI is InChI=1S/C27H29N7O7S/c1-4-17-5-6-20(40-16-24-28-7-8-29-24)23(11-17)42(36,37)33-26-25-21(38-2)9-18(10-22(25)41-32-26)14-34-15-19(13-31-34)12-30-27(35)39-3/h5-11,13,15H,4,12,14,16H2,1-3H3,(H,28,29)(H,30,35)(H,32,33). The molecule has 1 amide bonds. The molecule has 3 N–H and O–H groups in total. The summed E-state index contributed by atoms with van der Waals surface area (Å²) in [6.45, 7) is 2.60. The maximum atomic E-state index is 13.6. The van der Waals surface area contributed by atoms with Gasteiger partial charge in [0.05, 0.1) is 27.0 Å². The predicted molar refractivity (Wildman–Crippen MR) is 151 cm³/mol. The van der Waals surface area contributed by atoms with E-state index in [0.717, 1.165) is 16.7 Å². The second-order valence-corrected chi connectivity index (χ2v) is 10.8. The van der Waals surface area contributed by atoms with Gasteiger partial charge in [0.15, 0.2) is 11.4 Å². The molecule has 0 saturated carbocycles. The van der Waals surface area contributed by atoms with Crippen LogP contribution in [0.3, 0.4) is 0 Å². The van der Waals surface area contributed by atoms with Crippen LogP contribution in [-0.2, 0) is 40.9 Å². The summed E-state index contributed by atoms with van der Waals surface area (Å²) >= 11 is 0. The molecule has 0 radical (unpaired) electrons. The van der Waals surface area contributed by atoms with Crippen LogP contribution in [0.4, 0.5) is 10.6 Å². The van der Waals surface area contributed by atoms with E-state index in [1.807, 2.05) is 13.0 Å². The van der Waals surface area contributed by atoms with Crippen molar-refractivity contribution in [3.63, 3.8) is 0 Å². The van der Waals surface area contributed by atoms with Gasteiger partial charge >= 0.3 is 6.09 Å². The number of anilines is 1. The number of ether oxygens (including phenoxy) is 3. The molecule has 3 aromatic heterocycles. The largest absolute Gasteiger partial charge is 0.496 e. The first-order valence-electron chi connectivity index (χ1n) is 12.9. The maximum absolute atomic E-state index is 13.6. The van der Waals surface area contributed by atoms with Gasteiger partial charge in [-0.15, -0.1) is 0 Å². The van der Waals surface area contributed by atoms with Crippen molar-refractivity contribution in [2.45, 2.75) is 37.9 Å². The van der Waals surface area contributed by atoms with Crippen molar-refractivity contribution in [2.24, 2.45) is 0 Å². The molecule has 0 unspecified atom stereocenters. The third-order valence-electron chi connectivity index (χ3n) is 6.33. The lowest BCUT2D eigenvalue weighted by Gasteiger charge is -2.14. The molecule has 0 bridgehead atoms. The second kappa shape index (κ2) is 12.2. The van der Waals surface area contributed by atoms with Gasteiger partial charge in [-0.2, -0.15) is 5.10 Å². The Balaban J connectivity index is 1.39. The smallest absolute Gasteiger partial charge is 0.407 e. The summed E-state index contributed by atoms with van der Waals surface area (Å²) in [5.74, 6) is 1.05. The number of sulfonamides is 1. The molecule has 220 valence electrons. The number of rotatable bonds is 12. The highest BCUT2D eigenvalue weighted by Gasteiger charge is 2.25. The summed E-state index contributed by atoms with van der Waals surface area (Å²) in [7, 11) is -1.39. The van der Waals surface area contributed by atoms with Gasteiger partial charge in [0.1, 0.15) is 34.2 Å². The molecule has 0 aliphatic carbocycles. The van der Waals surface area contributed by atoms with Gasteiger partial charge < -0.3 is 29.0 Å². The highest BCUT2D eigenvalue weighted by atomic mass is 32.2. The average molecular weight is 596 g/mol. The van der Waals surface area contributed by atoms with E-state index in [1.54, 1.807) is 53.7 Å². The Labute approximate surface area is 241 Å². The highest BCUT2D eigenvalue weighted by Crippen LogP contribution is 2.36. The van der Waals surface area contributed by atoms with Crippen LogP contribution >= 0.6 is 0 Å². The Morgan fingerprint density at radius 2 is 1.98 bits per heavy atom. The predicted octanol–water partition coefficient (Wildman–Crippen LogP) is 3.60. The average Bonchev–Trinajstić information content (AvgIpc) is 3.76. The number of fused-ring (bicyclic) bond motifs is 1. The van der Waals surface area contributed by atoms with E-state index in [9.17, 15) is 13.2 Å². The molecule has 3 heterocycles. The quantitative estimate of drug-likeness (QED) is 0.193. The first-order valence-corrected chi connectivity index (χ1v) is 14.3. The Kier molecular flexibility index (Phi) is 8.28. The normalized spacial score (nSPS) is 11.4. The van der Waals surface area contributed by atoms with Crippen LogP contribution in [0.5, 0.6) is 11.5 Å². The van der Waals surface area contributed by atoms with Gasteiger partial charge in [0.25, 0.3) is 10.0 Å². The summed E-state index contributed by atoms with van der Waals surface area (Å²) in [6, 6.07) is 8.48. The van der Waals surface area contributed by atoms with E-state index in [-0.39, 0.29) is 29.6 Å². The van der Waals surface area contributed by atoms with Crippen molar-refractivity contribution in [2.75, 3.05) is 18.9 Å². The van der Waals surface area contributed by atoms with Gasteiger partial charge in [-0.25, -0.2) is 18.2 Å². The molecule has 0 atom stereocenters. The van der Waals surface area contributed by atoms with Crippen LogP contribution in [0.1, 0.15) is 29.4 Å². The number of imidazole rings is 1. The number of methoxy groups -OCH3 is 2. The summed E-state index contributed by atoms with van der Waals surface area (Å²) in [5.41, 5.74) is 2.68. The second-order valence-electron chi connectivity index (χ2n) is 9.16. The zero-order chi connectivity index (χ0) is 29.7. The number of carbonyl (C=O) groups is 1. The van der Waals surface area contributed by atoms with Crippen LogP contribution in [0.15, 0.2) is 64.5 Å². The minimum atomic E-state index is -4.16. The van der Waals surface area contributed by atoms with Crippen molar-refractivity contribution in [3.8, 4) is 11.5 Å². The Morgan fingerprint density at radius 3 is 2.71 bits per heavy atom. The first-order chi connectivity index (χ1) is 20.3. The number of hydrogen-bond acceptors (Lipinski definition) is 10. The molecule has 0 spiro atoms. The fraction of sp³-hybridized carbons (Fsp3) is 0.259. The van der Waals surface area contributed by atoms with E-state index in [0.29, 0.717) is 35.5 Å². The zero-order valence-corrected chi connectivity index (χ0v) is 23.9. The zero-order valence-electron chi connectivity index (χ0n) is 23.1. The number of H-pyrrole nitrogens is 1. The number of nitrogens with zero attached hydrogens (tertiary/aromatic N) is 4. The Bertz CT molecular complexity index is 1800. The number of amides is 1. The summed E-state index contributed by atoms with van der Waals surface area (Å²) in [4.78, 5) is 18.3. The molecule has 5 rings (SSSR count). The molecule has 42 heavy (non-hydrogen) atoms. The molecule has 0 saturated heterocycles. The molecule has 5 aromatic rings. The van der Waals surface area contributed by atoms with Crippen LogP contribution in [0.2, 0.25) is 0 Å². The van der Waals surface area contributed by atoms with Gasteiger partial charge in [-0.3, -0.25) is 9.40 Å². The highest BCUT2D eigenvalue weighted by molar-refractivity contribution is 7.92. The third-order valence-corrected chi connectivity index (χ3v) is 7.69. The number of aromatic nitrogens is 5. The summed E-state index contributed by atoms with van der Waals surface area (Å²) in [6.07, 6.45) is 6.75. The van der Waals surface area contributed by atoms with E-state index in [4.69, 9.17) is 14.0 Å². The number of nitrogens with one attached hydrogen (secondary N) is 3. The lowest BCUT2D eigenvalue weighted by Crippen LogP contribution is -2.21. The number of aryl methyl sites for hydroxylation is 1. The lowest BCUT2D eigenvalue weighted by atomic mass is 10.1. The fourth-order valence-corrected chi connectivity index (χ4v) is 5.44. The monoisotopic (exact) mass is 595 g/mol. The number of aromatic amines is 1. The summed E-state index contributed by atoms with van der Waals surface area (Å²) in [5, 5.41) is 11.3. The molecule has 14 nitrogen and oxygen atoms in total. The number of carbonyl (C=O) groups excluding carboxylic acids is 1. The van der Waals surface area contributed by atoms with E-state index in [1.165, 1.54) is 14.2 Å². The van der Waals surface area contributed by atoms with Crippen LogP contribution in [0, 0.1) is 0 Å². The van der Waals surface area contributed by atoms with Crippen LogP contribution in [-0.4, -0.2) is 53.6 Å². The third kappa shape index (κ3) is 6.30. The molecule has 2 aromatic carbocycles. The lowest BCUT2D eigenvalue weighted by molar-refractivity contribution is 0.170. The Morgan fingerprint density at radius 1 is 1.12 bits per heavy atom. The Hall–Kier alpha value is -5.05. The fourth-order valence-electron chi connectivity index (χ4n) is 4.24. The van der Waals surface area contributed by atoms with Crippen molar-refractivity contribution in [1.82, 2.24) is 30.2 Å². The van der Waals surface area contributed by atoms with Gasteiger partial charge in [-0.1, -0.05) is 18.1 Å². The minimum absolute atomic E-state index is 0.0254. The molecular weight excluding hydrogens is 566 g/mol. The van der Waals surface area contributed by atoms with Crippen molar-refractivity contribution < 1.29 is 31.9 Å². The number of alkyl carbamates (subject to hydrolysis) is 1. The van der Waals surface area contributed by atoms with Gasteiger partial charge in [0.2, 0.25) is 0 Å². The maximum Gasteiger partial charge on any atom is 0.407 e. The molecular formula is C27H29N7O7S. The van der Waals surface area contributed by atoms with Crippen LogP contribution < -0.4 is 19.5 Å². The minimum Gasteiger partial charge on any atom is -0.496 e. The topological polar surface area (TPSA) is 175 Å². The van der Waals surface area contributed by atoms with E-state index in [2.05, 4.69) is 35.0 Å². The molecule has 0 fully saturated rings. The molecule has 0 aliphatic heterocycles. The number of hydrogen-bond donors (Lipinski definition) is 3. The molecule has 15 heteroatoms. The molecule has 0 aliphatic rings. The van der Waals surface area contributed by atoms with E-state index < -0.39 is 16.1 Å². The summed E-state index contributed by atoms with van der Waals surface area (Å²) < 4.78 is 53.0. The van der Waals surface area contributed by atoms with E-state index >= 15 is 0 Å². The van der Waals surface area contributed by atoms with Crippen LogP contribution in [0.25, 0.3) is 11.0 Å². The first kappa shape index (κ1) is 28.5. The van der Waals surface area contributed by atoms with Gasteiger partial charge in [0, 0.05) is 30.7 Å². The van der Waals surface area contributed by atoms with Crippen molar-refractivity contribution >= 4 is 32.9 Å².